The number of rotatable bonds is 5. The molecule has 2 aliphatic rings. The number of allylic oxidation sites excluding steroid dienone is 2. The minimum absolute atomic E-state index is 0.0458. The van der Waals surface area contributed by atoms with E-state index in [1.165, 1.54) is 17.2 Å². The maximum atomic E-state index is 13.9. The number of carbonyl (C=O) groups excluding carboxylic acids is 1. The van der Waals surface area contributed by atoms with Crippen LogP contribution in [-0.2, 0) is 11.2 Å². The van der Waals surface area contributed by atoms with Gasteiger partial charge in [-0.2, -0.15) is 0 Å². The summed E-state index contributed by atoms with van der Waals surface area (Å²) in [6.07, 6.45) is 7.77. The molecule has 1 unspecified atom stereocenters. The van der Waals surface area contributed by atoms with E-state index in [4.69, 9.17) is 11.6 Å². The van der Waals surface area contributed by atoms with E-state index < -0.39 is 0 Å². The van der Waals surface area contributed by atoms with E-state index in [-0.39, 0.29) is 17.5 Å². The summed E-state index contributed by atoms with van der Waals surface area (Å²) >= 11 is 5.95. The third-order valence-electron chi connectivity index (χ3n) is 7.18. The van der Waals surface area contributed by atoms with Crippen LogP contribution in [0.25, 0.3) is 10.9 Å². The molecule has 1 aromatic heterocycles. The van der Waals surface area contributed by atoms with Crippen LogP contribution in [0.1, 0.15) is 43.2 Å². The maximum Gasteiger partial charge on any atom is 0.144 e. The predicted octanol–water partition coefficient (Wildman–Crippen LogP) is 6.92. The van der Waals surface area contributed by atoms with E-state index in [2.05, 4.69) is 17.1 Å². The Kier molecular flexibility index (Phi) is 5.39. The molecule has 1 fully saturated rings. The molecular formula is C27H25ClFNO. The lowest BCUT2D eigenvalue weighted by Crippen LogP contribution is -2.16. The lowest BCUT2D eigenvalue weighted by Gasteiger charge is -2.17. The highest BCUT2D eigenvalue weighted by Crippen LogP contribution is 2.51. The minimum Gasteiger partial charge on any atom is -0.299 e. The number of carbonyl (C=O) groups is 1. The van der Waals surface area contributed by atoms with Crippen molar-refractivity contribution in [2.75, 3.05) is 0 Å². The number of nitrogens with zero attached hydrogens (tertiary/aromatic N) is 1. The van der Waals surface area contributed by atoms with Crippen LogP contribution in [0.4, 0.5) is 4.39 Å². The van der Waals surface area contributed by atoms with Crippen molar-refractivity contribution < 1.29 is 9.18 Å². The van der Waals surface area contributed by atoms with Gasteiger partial charge in [-0.25, -0.2) is 4.39 Å². The molecule has 4 atom stereocenters. The molecular weight excluding hydrogens is 409 g/mol. The van der Waals surface area contributed by atoms with Crippen molar-refractivity contribution in [3.63, 3.8) is 0 Å². The fraction of sp³-hybridized carbons (Fsp3) is 0.333. The summed E-state index contributed by atoms with van der Waals surface area (Å²) in [6.45, 7) is 2.04. The van der Waals surface area contributed by atoms with Crippen molar-refractivity contribution in [1.82, 2.24) is 4.98 Å². The lowest BCUT2D eigenvalue weighted by molar-refractivity contribution is -0.120. The molecule has 2 nitrogen and oxygen atoms in total. The molecule has 2 aromatic carbocycles. The van der Waals surface area contributed by atoms with Gasteiger partial charge >= 0.3 is 0 Å². The van der Waals surface area contributed by atoms with Crippen molar-refractivity contribution in [2.45, 2.75) is 38.5 Å². The van der Waals surface area contributed by atoms with Crippen molar-refractivity contribution in [1.29, 1.82) is 0 Å². The summed E-state index contributed by atoms with van der Waals surface area (Å²) in [5, 5.41) is 1.62. The first-order chi connectivity index (χ1) is 15.0. The molecule has 2 aliphatic carbocycles. The number of benzene rings is 2. The number of halogens is 2. The SMILES string of the molecule is CC(C(=O)Cc1ccc(Cl)cc1)C1=C[C@H]2C[C@@H](c3ccnc4ccc(F)cc34)C[C@H]2C1. The second-order valence-corrected chi connectivity index (χ2v) is 9.53. The smallest absolute Gasteiger partial charge is 0.144 e. The summed E-state index contributed by atoms with van der Waals surface area (Å²) in [5.74, 6) is 1.50. The number of hydrogen-bond donors (Lipinski definition) is 0. The molecule has 3 aromatic rings. The highest BCUT2D eigenvalue weighted by atomic mass is 35.5. The van der Waals surface area contributed by atoms with E-state index in [1.807, 2.05) is 37.4 Å². The zero-order valence-electron chi connectivity index (χ0n) is 17.5. The van der Waals surface area contributed by atoms with Gasteiger partial charge in [0.15, 0.2) is 0 Å². The van der Waals surface area contributed by atoms with Gasteiger partial charge in [-0.3, -0.25) is 9.78 Å². The summed E-state index contributed by atoms with van der Waals surface area (Å²) in [5.41, 5.74) is 4.37. The van der Waals surface area contributed by atoms with Gasteiger partial charge in [-0.15, -0.1) is 0 Å². The second kappa shape index (κ2) is 8.20. The lowest BCUT2D eigenvalue weighted by atomic mass is 9.88. The van der Waals surface area contributed by atoms with Crippen LogP contribution < -0.4 is 0 Å². The largest absolute Gasteiger partial charge is 0.299 e. The van der Waals surface area contributed by atoms with Gasteiger partial charge in [-0.1, -0.05) is 42.3 Å². The Balaban J connectivity index is 1.29. The molecule has 0 spiro atoms. The number of ketones is 1. The Hall–Kier alpha value is -2.52. The fourth-order valence-corrected chi connectivity index (χ4v) is 5.60. The van der Waals surface area contributed by atoms with Crippen LogP contribution in [0.2, 0.25) is 5.02 Å². The first-order valence-electron chi connectivity index (χ1n) is 11.0. The average molecular weight is 434 g/mol. The first kappa shape index (κ1) is 20.4. The molecule has 1 saturated carbocycles. The molecule has 5 rings (SSSR count). The number of hydrogen-bond acceptors (Lipinski definition) is 2. The van der Waals surface area contributed by atoms with Crippen molar-refractivity contribution in [2.24, 2.45) is 17.8 Å². The van der Waals surface area contributed by atoms with Gasteiger partial charge in [0.25, 0.3) is 0 Å². The Labute approximate surface area is 187 Å². The number of pyridine rings is 1. The van der Waals surface area contributed by atoms with Crippen LogP contribution in [-0.4, -0.2) is 10.8 Å². The average Bonchev–Trinajstić information content (AvgIpc) is 3.33. The molecule has 1 heterocycles. The first-order valence-corrected chi connectivity index (χ1v) is 11.4. The highest BCUT2D eigenvalue weighted by Gasteiger charge is 2.40. The molecule has 0 N–H and O–H groups in total. The monoisotopic (exact) mass is 433 g/mol. The van der Waals surface area contributed by atoms with Crippen molar-refractivity contribution >= 4 is 28.3 Å². The Morgan fingerprint density at radius 2 is 1.97 bits per heavy atom. The van der Waals surface area contributed by atoms with Gasteiger partial charge in [0.05, 0.1) is 5.52 Å². The van der Waals surface area contributed by atoms with Crippen molar-refractivity contribution in [3.05, 3.63) is 88.3 Å². The maximum absolute atomic E-state index is 13.9. The Morgan fingerprint density at radius 3 is 2.74 bits per heavy atom. The van der Waals surface area contributed by atoms with Crippen LogP contribution in [0.5, 0.6) is 0 Å². The topological polar surface area (TPSA) is 30.0 Å². The molecule has 0 bridgehead atoms. The van der Waals surface area contributed by atoms with E-state index in [9.17, 15) is 9.18 Å². The van der Waals surface area contributed by atoms with Crippen LogP contribution in [0.3, 0.4) is 0 Å². The summed E-state index contributed by atoms with van der Waals surface area (Å²) in [6, 6.07) is 14.4. The van der Waals surface area contributed by atoms with Gasteiger partial charge in [0, 0.05) is 28.9 Å². The summed E-state index contributed by atoms with van der Waals surface area (Å²) in [7, 11) is 0. The summed E-state index contributed by atoms with van der Waals surface area (Å²) in [4.78, 5) is 17.2. The number of Topliss-reactive ketones (excluding diaryl/α,β-unsaturated/α-hetero) is 1. The van der Waals surface area contributed by atoms with Crippen LogP contribution in [0, 0.1) is 23.6 Å². The van der Waals surface area contributed by atoms with Crippen LogP contribution in [0.15, 0.2) is 66.4 Å². The molecule has 31 heavy (non-hydrogen) atoms. The Morgan fingerprint density at radius 1 is 1.16 bits per heavy atom. The summed E-state index contributed by atoms with van der Waals surface area (Å²) < 4.78 is 13.9. The third-order valence-corrected chi connectivity index (χ3v) is 7.44. The predicted molar refractivity (Wildman–Crippen MR) is 123 cm³/mol. The second-order valence-electron chi connectivity index (χ2n) is 9.09. The zero-order chi connectivity index (χ0) is 21.5. The van der Waals surface area contributed by atoms with Gasteiger partial charge < -0.3 is 0 Å². The normalized spacial score (nSPS) is 23.6. The Bertz CT molecular complexity index is 1170. The van der Waals surface area contributed by atoms with Gasteiger partial charge in [0.2, 0.25) is 0 Å². The van der Waals surface area contributed by atoms with Crippen LogP contribution >= 0.6 is 11.6 Å². The molecule has 0 saturated heterocycles. The van der Waals surface area contributed by atoms with E-state index in [0.29, 0.717) is 29.2 Å². The quantitative estimate of drug-likeness (QED) is 0.409. The van der Waals surface area contributed by atoms with Gasteiger partial charge in [0.1, 0.15) is 11.6 Å². The molecule has 0 radical (unpaired) electrons. The van der Waals surface area contributed by atoms with E-state index in [1.54, 1.807) is 12.1 Å². The van der Waals surface area contributed by atoms with Crippen molar-refractivity contribution in [3.8, 4) is 0 Å². The molecule has 158 valence electrons. The highest BCUT2D eigenvalue weighted by molar-refractivity contribution is 6.30. The number of fused-ring (bicyclic) bond motifs is 2. The molecule has 4 heteroatoms. The standard InChI is InChI=1S/C27H25ClFNO/c1-16(27(31)10-17-2-4-22(28)5-3-17)18-11-19-13-21(14-20(19)12-18)24-8-9-30-26-7-6-23(29)15-25(24)26/h2-9,11,15-16,19-21H,10,12-14H2,1H3/t16?,19-,20+,21+/m0/s1. The van der Waals surface area contributed by atoms with E-state index >= 15 is 0 Å². The fourth-order valence-electron chi connectivity index (χ4n) is 5.48. The molecule has 0 aliphatic heterocycles. The van der Waals surface area contributed by atoms with Gasteiger partial charge in [-0.05, 0) is 84.5 Å². The number of aromatic nitrogens is 1. The molecule has 0 amide bonds. The van der Waals surface area contributed by atoms with E-state index in [0.717, 1.165) is 35.7 Å². The minimum atomic E-state index is -0.213. The zero-order valence-corrected chi connectivity index (χ0v) is 18.3. The third kappa shape index (κ3) is 4.04.